The fourth-order valence-electron chi connectivity index (χ4n) is 3.64. The molecule has 0 saturated heterocycles. The Labute approximate surface area is 181 Å². The smallest absolute Gasteiger partial charge is 0.335 e. The van der Waals surface area contributed by atoms with E-state index in [4.69, 9.17) is 28.3 Å². The van der Waals surface area contributed by atoms with Crippen molar-refractivity contribution in [1.82, 2.24) is 9.19 Å². The molecule has 0 spiro atoms. The van der Waals surface area contributed by atoms with Gasteiger partial charge in [-0.3, -0.25) is 0 Å². The zero-order chi connectivity index (χ0) is 21.6. The van der Waals surface area contributed by atoms with Gasteiger partial charge >= 0.3 is 5.97 Å². The van der Waals surface area contributed by atoms with Crippen LogP contribution in [0.3, 0.4) is 0 Å². The molecule has 0 aliphatic heterocycles. The summed E-state index contributed by atoms with van der Waals surface area (Å²) in [5.74, 6) is -2.05. The van der Waals surface area contributed by atoms with Gasteiger partial charge in [-0.2, -0.15) is 17.6 Å². The van der Waals surface area contributed by atoms with Crippen LogP contribution < -0.4 is 0 Å². The minimum Gasteiger partial charge on any atom is -0.478 e. The molecule has 6 nitrogen and oxygen atoms in total. The van der Waals surface area contributed by atoms with Crippen molar-refractivity contribution < 1.29 is 22.7 Å². The van der Waals surface area contributed by atoms with Crippen molar-refractivity contribution in [2.24, 2.45) is 0 Å². The van der Waals surface area contributed by atoms with Crippen molar-refractivity contribution >= 4 is 39.2 Å². The average molecular weight is 469 g/mol. The molecule has 0 unspecified atom stereocenters. The number of benzene rings is 2. The van der Waals surface area contributed by atoms with Crippen molar-refractivity contribution in [3.05, 3.63) is 69.1 Å². The van der Waals surface area contributed by atoms with Gasteiger partial charge < -0.3 is 5.11 Å². The number of hydrogen-bond donors (Lipinski definition) is 1. The van der Waals surface area contributed by atoms with Crippen LogP contribution in [0.5, 0.6) is 0 Å². The van der Waals surface area contributed by atoms with E-state index in [1.54, 1.807) is 0 Å². The van der Waals surface area contributed by atoms with Gasteiger partial charge in [0.15, 0.2) is 0 Å². The molecule has 0 fully saturated rings. The van der Waals surface area contributed by atoms with Crippen LogP contribution >= 0.6 is 23.2 Å². The third-order valence-corrected chi connectivity index (χ3v) is 7.59. The number of halogens is 3. The van der Waals surface area contributed by atoms with E-state index in [-0.39, 0.29) is 31.8 Å². The summed E-state index contributed by atoms with van der Waals surface area (Å²) in [6.07, 6.45) is 2.52. The fourth-order valence-corrected chi connectivity index (χ4v) is 6.10. The first-order valence-corrected chi connectivity index (χ1v) is 11.2. The van der Waals surface area contributed by atoms with Crippen LogP contribution in [0.25, 0.3) is 11.3 Å². The zero-order valence-corrected chi connectivity index (χ0v) is 17.7. The summed E-state index contributed by atoms with van der Waals surface area (Å²) in [5, 5.41) is 13.2. The van der Waals surface area contributed by atoms with Gasteiger partial charge in [0.25, 0.3) is 10.0 Å². The van der Waals surface area contributed by atoms with Crippen LogP contribution in [0.15, 0.2) is 41.3 Å². The number of aromatic carboxylic acids is 1. The zero-order valence-electron chi connectivity index (χ0n) is 15.4. The molecule has 10 heteroatoms. The molecule has 1 aliphatic carbocycles. The lowest BCUT2D eigenvalue weighted by molar-refractivity contribution is 0.0696. The molecule has 3 aromatic rings. The van der Waals surface area contributed by atoms with Crippen LogP contribution in [0.1, 0.15) is 34.5 Å². The van der Waals surface area contributed by atoms with Crippen molar-refractivity contribution in [1.29, 1.82) is 0 Å². The van der Waals surface area contributed by atoms with Gasteiger partial charge in [0.05, 0.1) is 27.0 Å². The van der Waals surface area contributed by atoms with Crippen molar-refractivity contribution in [3.63, 3.8) is 0 Å². The number of hydrogen-bond acceptors (Lipinski definition) is 4. The lowest BCUT2D eigenvalue weighted by atomic mass is 9.93. The highest BCUT2D eigenvalue weighted by molar-refractivity contribution is 7.90. The molecule has 1 heterocycles. The number of fused-ring (bicyclic) bond motifs is 1. The van der Waals surface area contributed by atoms with E-state index in [2.05, 4.69) is 5.10 Å². The summed E-state index contributed by atoms with van der Waals surface area (Å²) in [4.78, 5) is 10.8. The van der Waals surface area contributed by atoms with E-state index < -0.39 is 21.8 Å². The monoisotopic (exact) mass is 468 g/mol. The van der Waals surface area contributed by atoms with E-state index in [1.165, 1.54) is 30.3 Å². The lowest BCUT2D eigenvalue weighted by Crippen LogP contribution is -2.19. The maximum Gasteiger partial charge on any atom is 0.335 e. The van der Waals surface area contributed by atoms with E-state index in [1.807, 2.05) is 0 Å². The molecular formula is C20H15Cl2FN2O4S. The van der Waals surface area contributed by atoms with Gasteiger partial charge in [-0.15, -0.1) is 0 Å². The Bertz CT molecular complexity index is 1270. The molecule has 1 N–H and O–H groups in total. The lowest BCUT2D eigenvalue weighted by Gasteiger charge is -2.15. The van der Waals surface area contributed by atoms with E-state index >= 15 is 0 Å². The highest BCUT2D eigenvalue weighted by Crippen LogP contribution is 2.37. The molecule has 156 valence electrons. The second kappa shape index (κ2) is 7.68. The molecule has 0 saturated carbocycles. The molecular weight excluding hydrogens is 454 g/mol. The van der Waals surface area contributed by atoms with Crippen LogP contribution in [0.2, 0.25) is 10.0 Å². The fraction of sp³-hybridized carbons (Fsp3) is 0.200. The summed E-state index contributed by atoms with van der Waals surface area (Å²) in [6, 6.07) is 7.82. The van der Waals surface area contributed by atoms with Gasteiger partial charge in [-0.25, -0.2) is 9.18 Å². The Morgan fingerprint density at radius 2 is 1.77 bits per heavy atom. The second-order valence-corrected chi connectivity index (χ2v) is 9.40. The first-order chi connectivity index (χ1) is 14.2. The molecule has 30 heavy (non-hydrogen) atoms. The number of rotatable bonds is 4. The molecule has 0 radical (unpaired) electrons. The summed E-state index contributed by atoms with van der Waals surface area (Å²) >= 11 is 12.2. The van der Waals surface area contributed by atoms with Gasteiger partial charge in [0.2, 0.25) is 0 Å². The van der Waals surface area contributed by atoms with Gasteiger partial charge in [-0.05, 0) is 56.0 Å². The maximum atomic E-state index is 14.7. The minimum absolute atomic E-state index is 0.0392. The quantitative estimate of drug-likeness (QED) is 0.593. The summed E-state index contributed by atoms with van der Waals surface area (Å²) < 4.78 is 42.4. The van der Waals surface area contributed by atoms with Gasteiger partial charge in [0.1, 0.15) is 10.7 Å². The highest BCUT2D eigenvalue weighted by Gasteiger charge is 2.32. The van der Waals surface area contributed by atoms with E-state index in [0.717, 1.165) is 23.0 Å². The Kier molecular flexibility index (Phi) is 5.34. The highest BCUT2D eigenvalue weighted by atomic mass is 35.5. The summed E-state index contributed by atoms with van der Waals surface area (Å²) in [6.45, 7) is 0. The second-order valence-electron chi connectivity index (χ2n) is 6.88. The van der Waals surface area contributed by atoms with Crippen LogP contribution in [-0.2, 0) is 22.9 Å². The van der Waals surface area contributed by atoms with Crippen molar-refractivity contribution in [2.45, 2.75) is 30.6 Å². The Morgan fingerprint density at radius 3 is 2.40 bits per heavy atom. The molecule has 0 amide bonds. The largest absolute Gasteiger partial charge is 0.478 e. The SMILES string of the molecule is O=C(O)c1ccc(-c2nn(S(=O)(=O)c3c(Cl)cccc3Cl)c3c2CCCC3)c(F)c1. The predicted molar refractivity (Wildman–Crippen MR) is 110 cm³/mol. The van der Waals surface area contributed by atoms with Crippen LogP contribution in [0.4, 0.5) is 4.39 Å². The Balaban J connectivity index is 1.95. The molecule has 1 aliphatic rings. The number of carboxylic acid groups (broad SMARTS) is 1. The Morgan fingerprint density at radius 1 is 1.10 bits per heavy atom. The van der Waals surface area contributed by atoms with Crippen LogP contribution in [0, 0.1) is 5.82 Å². The molecule has 1 aromatic heterocycles. The first-order valence-electron chi connectivity index (χ1n) is 9.05. The van der Waals surface area contributed by atoms with Crippen molar-refractivity contribution in [2.75, 3.05) is 0 Å². The molecule has 0 bridgehead atoms. The van der Waals surface area contributed by atoms with E-state index in [9.17, 15) is 17.6 Å². The predicted octanol–water partition coefficient (Wildman–Crippen LogP) is 4.81. The number of aromatic nitrogens is 2. The van der Waals surface area contributed by atoms with Gasteiger partial charge in [-0.1, -0.05) is 29.3 Å². The van der Waals surface area contributed by atoms with Crippen LogP contribution in [-0.4, -0.2) is 28.7 Å². The molecule has 0 atom stereocenters. The third-order valence-electron chi connectivity index (χ3n) is 5.02. The summed E-state index contributed by atoms with van der Waals surface area (Å²) in [7, 11) is -4.24. The third kappa shape index (κ3) is 3.38. The Hall–Kier alpha value is -2.42. The maximum absolute atomic E-state index is 14.7. The number of carbonyl (C=O) groups is 1. The molecule has 2 aromatic carbocycles. The average Bonchev–Trinajstić information content (AvgIpc) is 3.08. The topological polar surface area (TPSA) is 89.3 Å². The molecule has 4 rings (SSSR count). The minimum atomic E-state index is -4.24. The van der Waals surface area contributed by atoms with Crippen molar-refractivity contribution in [3.8, 4) is 11.3 Å². The number of nitrogens with zero attached hydrogens (tertiary/aromatic N) is 2. The van der Waals surface area contributed by atoms with E-state index in [0.29, 0.717) is 24.1 Å². The standard InChI is InChI=1S/C20H15Cl2FN2O4S/c21-14-5-3-6-15(22)19(14)30(28,29)25-17-7-2-1-4-13(17)18(24-25)12-9-8-11(20(26)27)10-16(12)23/h3,5-6,8-10H,1-2,4,7H2,(H,26,27). The summed E-state index contributed by atoms with van der Waals surface area (Å²) in [5.41, 5.74) is 1.08. The first kappa shape index (κ1) is 20.8. The number of carboxylic acids is 1. The van der Waals surface area contributed by atoms with Gasteiger partial charge in [0, 0.05) is 11.1 Å². The normalized spacial score (nSPS) is 13.8.